The van der Waals surface area contributed by atoms with Crippen LogP contribution in [0.3, 0.4) is 0 Å². The van der Waals surface area contributed by atoms with Gasteiger partial charge in [0, 0.05) is 23.2 Å². The molecule has 0 spiro atoms. The number of rotatable bonds is 4. The Morgan fingerprint density at radius 1 is 1.05 bits per heavy atom. The third-order valence-corrected chi connectivity index (χ3v) is 3.42. The van der Waals surface area contributed by atoms with Crippen LogP contribution in [0.5, 0.6) is 0 Å². The summed E-state index contributed by atoms with van der Waals surface area (Å²) in [6.07, 6.45) is 3.11. The lowest BCUT2D eigenvalue weighted by Crippen LogP contribution is -2.05. The van der Waals surface area contributed by atoms with Crippen molar-refractivity contribution in [2.75, 3.05) is 5.32 Å². The van der Waals surface area contributed by atoms with Crippen LogP contribution in [0.1, 0.15) is 22.8 Å². The van der Waals surface area contributed by atoms with Gasteiger partial charge in [0.25, 0.3) is 0 Å². The smallest absolute Gasteiger partial charge is 0.221 e. The highest BCUT2D eigenvalue weighted by Gasteiger charge is 2.07. The summed E-state index contributed by atoms with van der Waals surface area (Å²) in [5.74, 6) is -0.354. The van der Waals surface area contributed by atoms with Crippen LogP contribution >= 0.6 is 23.2 Å². The molecule has 0 saturated heterocycles. The lowest BCUT2D eigenvalue weighted by molar-refractivity contribution is -0.114. The topological polar surface area (TPSA) is 46.2 Å². The van der Waals surface area contributed by atoms with E-state index in [1.807, 2.05) is 0 Å². The summed E-state index contributed by atoms with van der Waals surface area (Å²) in [5, 5.41) is 3.49. The fourth-order valence-corrected chi connectivity index (χ4v) is 2.21. The number of hydrogen-bond donors (Lipinski definition) is 1. The highest BCUT2D eigenvalue weighted by molar-refractivity contribution is 6.36. The molecular weight excluding hydrogens is 321 g/mol. The highest BCUT2D eigenvalue weighted by atomic mass is 35.5. The number of carbonyl (C=O) groups excluding carboxylic acids is 2. The van der Waals surface area contributed by atoms with Gasteiger partial charge in [0.05, 0.1) is 5.02 Å². The second-order valence-electron chi connectivity index (χ2n) is 4.62. The fourth-order valence-electron chi connectivity index (χ4n) is 1.83. The molecule has 0 aliphatic carbocycles. The maximum absolute atomic E-state index is 12.1. The van der Waals surface area contributed by atoms with Gasteiger partial charge in [0.15, 0.2) is 5.78 Å². The monoisotopic (exact) mass is 333 g/mol. The van der Waals surface area contributed by atoms with Gasteiger partial charge in [0.1, 0.15) is 0 Å². The van der Waals surface area contributed by atoms with Gasteiger partial charge in [-0.15, -0.1) is 0 Å². The van der Waals surface area contributed by atoms with Crippen LogP contribution in [-0.4, -0.2) is 11.7 Å². The Balaban J connectivity index is 2.12. The number of halogens is 2. The maximum atomic E-state index is 12.1. The van der Waals surface area contributed by atoms with E-state index < -0.39 is 0 Å². The molecule has 0 aliphatic rings. The van der Waals surface area contributed by atoms with E-state index in [4.69, 9.17) is 23.2 Å². The number of benzene rings is 2. The van der Waals surface area contributed by atoms with Gasteiger partial charge in [-0.3, -0.25) is 9.59 Å². The van der Waals surface area contributed by atoms with Gasteiger partial charge in [0.2, 0.25) is 5.91 Å². The minimum atomic E-state index is -0.224. The van der Waals surface area contributed by atoms with Gasteiger partial charge < -0.3 is 5.32 Å². The zero-order valence-corrected chi connectivity index (χ0v) is 13.3. The Hall–Kier alpha value is -2.10. The van der Waals surface area contributed by atoms with E-state index >= 15 is 0 Å². The van der Waals surface area contributed by atoms with E-state index in [1.54, 1.807) is 42.5 Å². The Morgan fingerprint density at radius 3 is 2.36 bits per heavy atom. The summed E-state index contributed by atoms with van der Waals surface area (Å²) in [4.78, 5) is 23.1. The lowest BCUT2D eigenvalue weighted by Gasteiger charge is -2.02. The highest BCUT2D eigenvalue weighted by Crippen LogP contribution is 2.21. The van der Waals surface area contributed by atoms with Crippen LogP contribution in [0.15, 0.2) is 48.5 Å². The molecule has 0 bridgehead atoms. The molecule has 112 valence electrons. The molecule has 0 aromatic heterocycles. The summed E-state index contributed by atoms with van der Waals surface area (Å²) in [6.45, 7) is 1.45. The number of amides is 1. The Kier molecular flexibility index (Phi) is 5.36. The van der Waals surface area contributed by atoms with Gasteiger partial charge in [-0.05, 0) is 42.0 Å². The number of nitrogens with one attached hydrogen (secondary N) is 1. The first-order chi connectivity index (χ1) is 10.5. The molecule has 2 aromatic rings. The van der Waals surface area contributed by atoms with Crippen LogP contribution in [0.25, 0.3) is 6.08 Å². The normalized spacial score (nSPS) is 10.7. The molecule has 2 aromatic carbocycles. The quantitative estimate of drug-likeness (QED) is 0.642. The molecule has 0 atom stereocenters. The summed E-state index contributed by atoms with van der Waals surface area (Å²) in [7, 11) is 0. The van der Waals surface area contributed by atoms with Crippen LogP contribution in [0.4, 0.5) is 5.69 Å². The predicted octanol–water partition coefficient (Wildman–Crippen LogP) is 4.85. The average molecular weight is 334 g/mol. The Morgan fingerprint density at radius 2 is 1.73 bits per heavy atom. The van der Waals surface area contributed by atoms with Crippen molar-refractivity contribution >= 4 is 46.7 Å². The Bertz CT molecular complexity index is 737. The molecule has 0 saturated carbocycles. The van der Waals surface area contributed by atoms with Crippen LogP contribution in [0.2, 0.25) is 10.0 Å². The number of carbonyl (C=O) groups is 2. The predicted molar refractivity (Wildman–Crippen MR) is 90.6 cm³/mol. The van der Waals surface area contributed by atoms with E-state index in [0.29, 0.717) is 21.3 Å². The van der Waals surface area contributed by atoms with Gasteiger partial charge >= 0.3 is 0 Å². The number of anilines is 1. The summed E-state index contributed by atoms with van der Waals surface area (Å²) >= 11 is 11.9. The van der Waals surface area contributed by atoms with Crippen molar-refractivity contribution in [3.63, 3.8) is 0 Å². The van der Waals surface area contributed by atoms with E-state index in [1.165, 1.54) is 19.1 Å². The molecule has 0 heterocycles. The minimum absolute atomic E-state index is 0.130. The first kappa shape index (κ1) is 16.3. The number of ketones is 1. The van der Waals surface area contributed by atoms with Crippen molar-refractivity contribution < 1.29 is 9.59 Å². The first-order valence-corrected chi connectivity index (χ1v) is 7.26. The molecule has 0 radical (unpaired) electrons. The van der Waals surface area contributed by atoms with Crippen LogP contribution in [0, 0.1) is 0 Å². The molecule has 0 aliphatic heterocycles. The summed E-state index contributed by atoms with van der Waals surface area (Å²) in [5.41, 5.74) is 1.90. The molecular formula is C17H13Cl2NO2. The molecule has 0 unspecified atom stereocenters. The third-order valence-electron chi connectivity index (χ3n) is 2.85. The minimum Gasteiger partial charge on any atom is -0.326 e. The SMILES string of the molecule is CC(=O)Nc1ccc(/C=C/C(=O)c2cc(Cl)ccc2Cl)cc1. The van der Waals surface area contributed by atoms with Gasteiger partial charge in [-0.2, -0.15) is 0 Å². The van der Waals surface area contributed by atoms with Crippen molar-refractivity contribution in [1.29, 1.82) is 0 Å². The van der Waals surface area contributed by atoms with Crippen molar-refractivity contribution in [1.82, 2.24) is 0 Å². The fraction of sp³-hybridized carbons (Fsp3) is 0.0588. The second-order valence-corrected chi connectivity index (χ2v) is 5.47. The van der Waals surface area contributed by atoms with Gasteiger partial charge in [-0.1, -0.05) is 41.4 Å². The molecule has 0 fully saturated rings. The van der Waals surface area contributed by atoms with E-state index in [2.05, 4.69) is 5.32 Å². The number of hydrogen-bond acceptors (Lipinski definition) is 2. The third kappa shape index (κ3) is 4.45. The first-order valence-electron chi connectivity index (χ1n) is 6.51. The standard InChI is InChI=1S/C17H13Cl2NO2/c1-11(21)20-14-6-2-12(3-7-14)4-9-17(22)15-10-13(18)5-8-16(15)19/h2-10H,1H3,(H,20,21)/b9-4+. The second kappa shape index (κ2) is 7.25. The zero-order chi connectivity index (χ0) is 16.1. The van der Waals surface area contributed by atoms with Crippen molar-refractivity contribution in [3.8, 4) is 0 Å². The number of allylic oxidation sites excluding steroid dienone is 1. The molecule has 22 heavy (non-hydrogen) atoms. The van der Waals surface area contributed by atoms with Crippen molar-refractivity contribution in [2.24, 2.45) is 0 Å². The van der Waals surface area contributed by atoms with Crippen molar-refractivity contribution in [2.45, 2.75) is 6.92 Å². The average Bonchev–Trinajstić information content (AvgIpc) is 2.48. The summed E-state index contributed by atoms with van der Waals surface area (Å²) in [6, 6.07) is 11.9. The molecule has 2 rings (SSSR count). The molecule has 5 heteroatoms. The van der Waals surface area contributed by atoms with E-state index in [-0.39, 0.29) is 11.7 Å². The molecule has 1 amide bonds. The molecule has 1 N–H and O–H groups in total. The maximum Gasteiger partial charge on any atom is 0.221 e. The lowest BCUT2D eigenvalue weighted by atomic mass is 10.1. The molecule has 3 nitrogen and oxygen atoms in total. The summed E-state index contributed by atoms with van der Waals surface area (Å²) < 4.78 is 0. The van der Waals surface area contributed by atoms with E-state index in [9.17, 15) is 9.59 Å². The van der Waals surface area contributed by atoms with Crippen molar-refractivity contribution in [3.05, 3.63) is 69.7 Å². The van der Waals surface area contributed by atoms with Crippen LogP contribution < -0.4 is 5.32 Å². The van der Waals surface area contributed by atoms with Gasteiger partial charge in [-0.25, -0.2) is 0 Å². The van der Waals surface area contributed by atoms with E-state index in [0.717, 1.165) is 5.56 Å². The van der Waals surface area contributed by atoms with Crippen LogP contribution in [-0.2, 0) is 4.79 Å². The zero-order valence-electron chi connectivity index (χ0n) is 11.8. The Labute approximate surface area is 138 Å². The largest absolute Gasteiger partial charge is 0.326 e.